The summed E-state index contributed by atoms with van der Waals surface area (Å²) in [6, 6.07) is 5.79. The van der Waals surface area contributed by atoms with Gasteiger partial charge < -0.3 is 19.3 Å². The number of thiophene rings is 1. The highest BCUT2D eigenvalue weighted by Gasteiger charge is 2.46. The van der Waals surface area contributed by atoms with Crippen molar-refractivity contribution in [1.82, 2.24) is 4.98 Å². The summed E-state index contributed by atoms with van der Waals surface area (Å²) in [7, 11) is 4.46. The van der Waals surface area contributed by atoms with Gasteiger partial charge in [0.25, 0.3) is 5.91 Å². The van der Waals surface area contributed by atoms with E-state index in [1.807, 2.05) is 13.8 Å². The number of rotatable bonds is 7. The lowest BCUT2D eigenvalue weighted by molar-refractivity contribution is -0.117. The Morgan fingerprint density at radius 2 is 1.79 bits per heavy atom. The van der Waals surface area contributed by atoms with Gasteiger partial charge in [-0.05, 0) is 43.0 Å². The van der Waals surface area contributed by atoms with Gasteiger partial charge in [-0.25, -0.2) is 4.98 Å². The third-order valence-corrected chi connectivity index (χ3v) is 7.36. The largest absolute Gasteiger partial charge is 0.503 e. The fourth-order valence-electron chi connectivity index (χ4n) is 3.71. The number of aryl methyl sites for hydroxylation is 2. The molecular formula is C23H22N2O6S2. The van der Waals surface area contributed by atoms with Crippen molar-refractivity contribution in [2.75, 3.05) is 26.2 Å². The minimum atomic E-state index is -0.939. The second-order valence-corrected chi connectivity index (χ2v) is 9.37. The number of aliphatic hydroxyl groups excluding tert-OH is 1. The van der Waals surface area contributed by atoms with E-state index in [4.69, 9.17) is 14.2 Å². The van der Waals surface area contributed by atoms with Crippen LogP contribution in [0, 0.1) is 13.8 Å². The number of carbonyl (C=O) groups excluding carboxylic acids is 2. The molecule has 0 saturated carbocycles. The molecular weight excluding hydrogens is 464 g/mol. The molecule has 0 aliphatic carbocycles. The van der Waals surface area contributed by atoms with Gasteiger partial charge in [0.05, 0.1) is 43.5 Å². The molecule has 0 radical (unpaired) electrons. The smallest absolute Gasteiger partial charge is 0.296 e. The van der Waals surface area contributed by atoms with E-state index >= 15 is 0 Å². The van der Waals surface area contributed by atoms with E-state index < -0.39 is 23.5 Å². The fraction of sp³-hybridized carbons (Fsp3) is 0.261. The lowest BCUT2D eigenvalue weighted by Gasteiger charge is -2.25. The van der Waals surface area contributed by atoms with Crippen molar-refractivity contribution < 1.29 is 28.9 Å². The van der Waals surface area contributed by atoms with Crippen LogP contribution in [0.2, 0.25) is 0 Å². The summed E-state index contributed by atoms with van der Waals surface area (Å²) in [6.45, 7) is 3.74. The second kappa shape index (κ2) is 8.87. The van der Waals surface area contributed by atoms with Crippen LogP contribution in [-0.2, 0) is 4.79 Å². The number of Topliss-reactive ketones (excluding diaryl/α,β-unsaturated/α-hetero) is 1. The maximum absolute atomic E-state index is 13.4. The topological polar surface area (TPSA) is 98.2 Å². The maximum Gasteiger partial charge on any atom is 0.296 e. The van der Waals surface area contributed by atoms with Gasteiger partial charge in [-0.3, -0.25) is 14.5 Å². The molecule has 1 aromatic carbocycles. The molecule has 172 valence electrons. The van der Waals surface area contributed by atoms with Crippen LogP contribution in [0.3, 0.4) is 0 Å². The molecule has 8 nitrogen and oxygen atoms in total. The van der Waals surface area contributed by atoms with Crippen molar-refractivity contribution in [3.8, 4) is 17.2 Å². The Morgan fingerprint density at radius 1 is 1.12 bits per heavy atom. The van der Waals surface area contributed by atoms with Gasteiger partial charge in [0.2, 0.25) is 11.5 Å². The standard InChI is InChI=1S/C23H22N2O6S2/c1-11-12(2)33-23(24-11)25-18(13-9-14(29-3)21(31-5)15(10-13)30-4)17(20(27)22(25)28)19(26)16-7-6-8-32-16/h6-10,18,27H,1-5H3/t18-/m1/s1. The first kappa shape index (κ1) is 22.8. The Labute approximate surface area is 198 Å². The van der Waals surface area contributed by atoms with Crippen LogP contribution < -0.4 is 19.1 Å². The predicted molar refractivity (Wildman–Crippen MR) is 126 cm³/mol. The molecule has 1 amide bonds. The van der Waals surface area contributed by atoms with E-state index in [-0.39, 0.29) is 5.57 Å². The molecule has 2 aromatic heterocycles. The monoisotopic (exact) mass is 486 g/mol. The number of ether oxygens (including phenoxy) is 3. The van der Waals surface area contributed by atoms with Crippen LogP contribution in [0.25, 0.3) is 0 Å². The minimum Gasteiger partial charge on any atom is -0.503 e. The lowest BCUT2D eigenvalue weighted by atomic mass is 9.95. The fourth-order valence-corrected chi connectivity index (χ4v) is 5.32. The van der Waals surface area contributed by atoms with Crippen LogP contribution in [0.5, 0.6) is 17.2 Å². The number of benzene rings is 1. The molecule has 3 heterocycles. The summed E-state index contributed by atoms with van der Waals surface area (Å²) >= 11 is 2.55. The van der Waals surface area contributed by atoms with Crippen molar-refractivity contribution in [2.24, 2.45) is 0 Å². The van der Waals surface area contributed by atoms with Gasteiger partial charge in [-0.1, -0.05) is 6.07 Å². The summed E-state index contributed by atoms with van der Waals surface area (Å²) in [5, 5.41) is 13.0. The zero-order valence-corrected chi connectivity index (χ0v) is 20.3. The Hall–Kier alpha value is -3.37. The van der Waals surface area contributed by atoms with Gasteiger partial charge >= 0.3 is 0 Å². The summed E-state index contributed by atoms with van der Waals surface area (Å²) in [5.74, 6) is -0.623. The lowest BCUT2D eigenvalue weighted by Crippen LogP contribution is -2.31. The zero-order chi connectivity index (χ0) is 23.9. The summed E-state index contributed by atoms with van der Waals surface area (Å²) in [6.07, 6.45) is 0. The first-order chi connectivity index (χ1) is 15.8. The molecule has 4 rings (SSSR count). The molecule has 1 atom stereocenters. The molecule has 3 aromatic rings. The highest BCUT2D eigenvalue weighted by molar-refractivity contribution is 7.16. The van der Waals surface area contributed by atoms with E-state index in [1.165, 1.54) is 48.9 Å². The van der Waals surface area contributed by atoms with Gasteiger partial charge in [-0.2, -0.15) is 0 Å². The average Bonchev–Trinajstić information content (AvgIpc) is 3.52. The summed E-state index contributed by atoms with van der Waals surface area (Å²) in [4.78, 5) is 33.9. The number of anilines is 1. The Morgan fingerprint density at radius 3 is 2.27 bits per heavy atom. The molecule has 0 unspecified atom stereocenters. The van der Waals surface area contributed by atoms with Crippen LogP contribution in [0.15, 0.2) is 41.0 Å². The zero-order valence-electron chi connectivity index (χ0n) is 18.7. The number of aliphatic hydroxyl groups is 1. The summed E-state index contributed by atoms with van der Waals surface area (Å²) in [5.41, 5.74) is 1.25. The van der Waals surface area contributed by atoms with Crippen LogP contribution >= 0.6 is 22.7 Å². The Balaban J connectivity index is 1.96. The van der Waals surface area contributed by atoms with Gasteiger partial charge in [0, 0.05) is 4.88 Å². The van der Waals surface area contributed by atoms with Crippen molar-refractivity contribution in [1.29, 1.82) is 0 Å². The van der Waals surface area contributed by atoms with E-state index in [2.05, 4.69) is 4.98 Å². The number of carbonyl (C=O) groups is 2. The molecule has 0 fully saturated rings. The van der Waals surface area contributed by atoms with E-state index in [0.717, 1.165) is 10.6 Å². The number of hydrogen-bond donors (Lipinski definition) is 1. The molecule has 0 bridgehead atoms. The maximum atomic E-state index is 13.4. The Bertz CT molecular complexity index is 1220. The molecule has 1 N–H and O–H groups in total. The number of aromatic nitrogens is 1. The number of ketones is 1. The average molecular weight is 487 g/mol. The van der Waals surface area contributed by atoms with Crippen molar-refractivity contribution >= 4 is 39.5 Å². The van der Waals surface area contributed by atoms with Gasteiger partial charge in [0.15, 0.2) is 22.4 Å². The van der Waals surface area contributed by atoms with Crippen molar-refractivity contribution in [2.45, 2.75) is 19.9 Å². The SMILES string of the molecule is COc1cc([C@@H]2C(C(=O)c3cccs3)=C(O)C(=O)N2c2nc(C)c(C)s2)cc(OC)c1OC. The van der Waals surface area contributed by atoms with E-state index in [0.29, 0.717) is 32.8 Å². The van der Waals surface area contributed by atoms with Crippen molar-refractivity contribution in [3.63, 3.8) is 0 Å². The highest BCUT2D eigenvalue weighted by atomic mass is 32.1. The molecule has 33 heavy (non-hydrogen) atoms. The number of methoxy groups -OCH3 is 3. The third kappa shape index (κ3) is 3.75. The molecule has 0 spiro atoms. The highest BCUT2D eigenvalue weighted by Crippen LogP contribution is 2.47. The number of amides is 1. The number of thiazole rings is 1. The van der Waals surface area contributed by atoms with E-state index in [9.17, 15) is 14.7 Å². The minimum absolute atomic E-state index is 0.0257. The molecule has 0 saturated heterocycles. The van der Waals surface area contributed by atoms with Crippen LogP contribution in [-0.4, -0.2) is 43.1 Å². The van der Waals surface area contributed by atoms with E-state index in [1.54, 1.807) is 29.6 Å². The number of nitrogens with zero attached hydrogens (tertiary/aromatic N) is 2. The third-order valence-electron chi connectivity index (χ3n) is 5.42. The van der Waals surface area contributed by atoms with Crippen molar-refractivity contribution in [3.05, 3.63) is 62.0 Å². The molecule has 1 aliphatic heterocycles. The molecule has 1 aliphatic rings. The predicted octanol–water partition coefficient (Wildman–Crippen LogP) is 4.63. The first-order valence-corrected chi connectivity index (χ1v) is 11.6. The first-order valence-electron chi connectivity index (χ1n) is 9.91. The summed E-state index contributed by atoms with van der Waals surface area (Å²) < 4.78 is 16.4. The van der Waals surface area contributed by atoms with Crippen LogP contribution in [0.1, 0.15) is 31.8 Å². The quantitative estimate of drug-likeness (QED) is 0.486. The normalized spacial score (nSPS) is 15.8. The second-order valence-electron chi connectivity index (χ2n) is 7.24. The molecule has 10 heteroatoms. The van der Waals surface area contributed by atoms with Gasteiger partial charge in [-0.15, -0.1) is 22.7 Å². The van der Waals surface area contributed by atoms with Gasteiger partial charge in [0.1, 0.15) is 0 Å². The van der Waals surface area contributed by atoms with Crippen LogP contribution in [0.4, 0.5) is 5.13 Å². The Kier molecular flexibility index (Phi) is 6.13. The number of hydrogen-bond acceptors (Lipinski definition) is 9.